The molecule has 0 aliphatic carbocycles. The van der Waals surface area contributed by atoms with Crippen LogP contribution in [0.25, 0.3) is 0 Å². The lowest BCUT2D eigenvalue weighted by molar-refractivity contribution is -0.384. The van der Waals surface area contributed by atoms with Crippen LogP contribution in [0.2, 0.25) is 0 Å². The summed E-state index contributed by atoms with van der Waals surface area (Å²) < 4.78 is 0. The molecule has 0 bridgehead atoms. The first-order valence-corrected chi connectivity index (χ1v) is 5.80. The molecule has 18 heavy (non-hydrogen) atoms. The molecular weight excluding hydrogens is 234 g/mol. The summed E-state index contributed by atoms with van der Waals surface area (Å²) in [5.41, 5.74) is 1.14. The van der Waals surface area contributed by atoms with Crippen molar-refractivity contribution in [3.05, 3.63) is 28.3 Å². The van der Waals surface area contributed by atoms with Gasteiger partial charge in [0.15, 0.2) is 0 Å². The number of nitrogens with zero attached hydrogens (tertiary/aromatic N) is 2. The summed E-state index contributed by atoms with van der Waals surface area (Å²) in [5.74, 6) is -0.200. The van der Waals surface area contributed by atoms with Crippen LogP contribution < -0.4 is 10.2 Å². The minimum atomic E-state index is -0.412. The Hall–Kier alpha value is -2.11. The molecule has 1 aromatic rings. The van der Waals surface area contributed by atoms with E-state index >= 15 is 0 Å². The van der Waals surface area contributed by atoms with E-state index in [1.54, 1.807) is 6.07 Å². The number of carbonyl (C=O) groups excluding carboxylic acids is 1. The number of anilines is 2. The minimum absolute atomic E-state index is 0.0489. The zero-order valence-corrected chi connectivity index (χ0v) is 10.8. The molecule has 0 radical (unpaired) electrons. The highest BCUT2D eigenvalue weighted by Crippen LogP contribution is 2.31. The van der Waals surface area contributed by atoms with Crippen LogP contribution in [-0.4, -0.2) is 23.9 Å². The standard InChI is InChI=1S/C12H17N3O3/c1-4-14(5-2)12-8-10(13-9(3)16)6-7-11(12)15(17)18/h6-8H,4-5H2,1-3H3,(H,13,16). The van der Waals surface area contributed by atoms with Gasteiger partial charge in [0.05, 0.1) is 4.92 Å². The molecular formula is C12H17N3O3. The average molecular weight is 251 g/mol. The first-order chi connectivity index (χ1) is 8.49. The average Bonchev–Trinajstić information content (AvgIpc) is 2.29. The van der Waals surface area contributed by atoms with Crippen molar-refractivity contribution < 1.29 is 9.72 Å². The zero-order valence-electron chi connectivity index (χ0n) is 10.8. The Kier molecular flexibility index (Phi) is 4.65. The fraction of sp³-hybridized carbons (Fsp3) is 0.417. The lowest BCUT2D eigenvalue weighted by atomic mass is 10.2. The molecule has 98 valence electrons. The van der Waals surface area contributed by atoms with Gasteiger partial charge in [-0.05, 0) is 26.0 Å². The van der Waals surface area contributed by atoms with E-state index in [-0.39, 0.29) is 11.6 Å². The normalized spacial score (nSPS) is 9.94. The molecule has 0 saturated heterocycles. The van der Waals surface area contributed by atoms with Crippen LogP contribution in [-0.2, 0) is 4.79 Å². The second kappa shape index (κ2) is 6.00. The van der Waals surface area contributed by atoms with Gasteiger partial charge in [0.1, 0.15) is 5.69 Å². The summed E-state index contributed by atoms with van der Waals surface area (Å²) in [6.45, 7) is 6.59. The largest absolute Gasteiger partial charge is 0.366 e. The molecule has 0 aliphatic heterocycles. The number of carbonyl (C=O) groups is 1. The summed E-state index contributed by atoms with van der Waals surface area (Å²) in [5, 5.41) is 13.6. The Morgan fingerprint density at radius 1 is 1.39 bits per heavy atom. The predicted molar refractivity (Wildman–Crippen MR) is 71.0 cm³/mol. The molecule has 1 aromatic carbocycles. The smallest absolute Gasteiger partial charge is 0.292 e. The van der Waals surface area contributed by atoms with Crippen LogP contribution in [0.15, 0.2) is 18.2 Å². The number of rotatable bonds is 5. The van der Waals surface area contributed by atoms with Gasteiger partial charge in [0, 0.05) is 31.8 Å². The van der Waals surface area contributed by atoms with Crippen molar-refractivity contribution in [1.82, 2.24) is 0 Å². The van der Waals surface area contributed by atoms with E-state index in [1.165, 1.54) is 19.1 Å². The Balaban J connectivity index is 3.22. The van der Waals surface area contributed by atoms with E-state index in [0.29, 0.717) is 24.5 Å². The van der Waals surface area contributed by atoms with Gasteiger partial charge in [-0.2, -0.15) is 0 Å². The third kappa shape index (κ3) is 3.19. The number of hydrogen-bond acceptors (Lipinski definition) is 4. The number of nitro benzene ring substituents is 1. The van der Waals surface area contributed by atoms with E-state index in [4.69, 9.17) is 0 Å². The fourth-order valence-electron chi connectivity index (χ4n) is 1.78. The lowest BCUT2D eigenvalue weighted by Gasteiger charge is -2.21. The Labute approximate surface area is 106 Å². The van der Waals surface area contributed by atoms with E-state index < -0.39 is 4.92 Å². The molecule has 0 atom stereocenters. The van der Waals surface area contributed by atoms with Crippen molar-refractivity contribution >= 4 is 23.0 Å². The van der Waals surface area contributed by atoms with Crippen molar-refractivity contribution in [3.63, 3.8) is 0 Å². The second-order valence-corrected chi connectivity index (χ2v) is 3.81. The van der Waals surface area contributed by atoms with Crippen molar-refractivity contribution in [3.8, 4) is 0 Å². The molecule has 0 heterocycles. The molecule has 1 N–H and O–H groups in total. The van der Waals surface area contributed by atoms with E-state index in [2.05, 4.69) is 5.32 Å². The third-order valence-corrected chi connectivity index (χ3v) is 2.60. The third-order valence-electron chi connectivity index (χ3n) is 2.60. The first kappa shape index (κ1) is 14.0. The van der Waals surface area contributed by atoms with E-state index in [1.807, 2.05) is 18.7 Å². The number of nitro groups is 1. The van der Waals surface area contributed by atoms with Gasteiger partial charge in [-0.25, -0.2) is 0 Å². The van der Waals surface area contributed by atoms with Gasteiger partial charge in [-0.15, -0.1) is 0 Å². The minimum Gasteiger partial charge on any atom is -0.366 e. The molecule has 0 aromatic heterocycles. The maximum absolute atomic E-state index is 11.0. The molecule has 1 rings (SSSR count). The Bertz CT molecular complexity index is 456. The van der Waals surface area contributed by atoms with Gasteiger partial charge in [-0.1, -0.05) is 0 Å². The first-order valence-electron chi connectivity index (χ1n) is 5.80. The van der Waals surface area contributed by atoms with Crippen LogP contribution in [0, 0.1) is 10.1 Å². The molecule has 0 unspecified atom stereocenters. The van der Waals surface area contributed by atoms with Crippen LogP contribution >= 0.6 is 0 Å². The summed E-state index contributed by atoms with van der Waals surface area (Å²) in [6, 6.07) is 4.58. The van der Waals surface area contributed by atoms with Gasteiger partial charge < -0.3 is 10.2 Å². The quantitative estimate of drug-likeness (QED) is 0.644. The van der Waals surface area contributed by atoms with Crippen molar-refractivity contribution in [2.75, 3.05) is 23.3 Å². The number of amides is 1. The SMILES string of the molecule is CCN(CC)c1cc(NC(C)=O)ccc1[N+](=O)[O-]. The Morgan fingerprint density at radius 2 is 2.00 bits per heavy atom. The van der Waals surface area contributed by atoms with E-state index in [9.17, 15) is 14.9 Å². The number of benzene rings is 1. The topological polar surface area (TPSA) is 75.5 Å². The summed E-state index contributed by atoms with van der Waals surface area (Å²) >= 11 is 0. The zero-order chi connectivity index (χ0) is 13.7. The van der Waals surface area contributed by atoms with Crippen molar-refractivity contribution in [2.24, 2.45) is 0 Å². The van der Waals surface area contributed by atoms with Crippen LogP contribution in [0.3, 0.4) is 0 Å². The van der Waals surface area contributed by atoms with Crippen LogP contribution in [0.1, 0.15) is 20.8 Å². The monoisotopic (exact) mass is 251 g/mol. The molecule has 0 fully saturated rings. The summed E-state index contributed by atoms with van der Waals surface area (Å²) in [4.78, 5) is 23.4. The van der Waals surface area contributed by atoms with Gasteiger partial charge >= 0.3 is 0 Å². The maximum atomic E-state index is 11.0. The van der Waals surface area contributed by atoms with Gasteiger partial charge in [-0.3, -0.25) is 14.9 Å². The highest BCUT2D eigenvalue weighted by atomic mass is 16.6. The molecule has 0 aliphatic rings. The lowest BCUT2D eigenvalue weighted by Crippen LogP contribution is -2.23. The molecule has 0 saturated carbocycles. The van der Waals surface area contributed by atoms with Crippen molar-refractivity contribution in [2.45, 2.75) is 20.8 Å². The number of hydrogen-bond donors (Lipinski definition) is 1. The maximum Gasteiger partial charge on any atom is 0.292 e. The van der Waals surface area contributed by atoms with Gasteiger partial charge in [0.25, 0.3) is 5.69 Å². The van der Waals surface area contributed by atoms with Gasteiger partial charge in [0.2, 0.25) is 5.91 Å². The molecule has 1 amide bonds. The summed E-state index contributed by atoms with van der Waals surface area (Å²) in [7, 11) is 0. The summed E-state index contributed by atoms with van der Waals surface area (Å²) in [6.07, 6.45) is 0. The number of nitrogens with one attached hydrogen (secondary N) is 1. The second-order valence-electron chi connectivity index (χ2n) is 3.81. The van der Waals surface area contributed by atoms with Crippen LogP contribution in [0.5, 0.6) is 0 Å². The highest BCUT2D eigenvalue weighted by molar-refractivity contribution is 5.90. The molecule has 6 heteroatoms. The Morgan fingerprint density at radius 3 is 2.44 bits per heavy atom. The predicted octanol–water partition coefficient (Wildman–Crippen LogP) is 2.40. The molecule has 6 nitrogen and oxygen atoms in total. The van der Waals surface area contributed by atoms with Crippen LogP contribution in [0.4, 0.5) is 17.1 Å². The molecule has 0 spiro atoms. The van der Waals surface area contributed by atoms with E-state index in [0.717, 1.165) is 0 Å². The fourth-order valence-corrected chi connectivity index (χ4v) is 1.78. The highest BCUT2D eigenvalue weighted by Gasteiger charge is 2.18. The van der Waals surface area contributed by atoms with Crippen molar-refractivity contribution in [1.29, 1.82) is 0 Å².